The average molecular weight is 246 g/mol. The van der Waals surface area contributed by atoms with Gasteiger partial charge in [0, 0.05) is 0 Å². The topological polar surface area (TPSA) is 79.2 Å². The summed E-state index contributed by atoms with van der Waals surface area (Å²) in [5, 5.41) is 11.1. The lowest BCUT2D eigenvalue weighted by Crippen LogP contribution is -2.30. The maximum Gasteiger partial charge on any atom is 0.307 e. The number of nitriles is 1. The number of methoxy groups -OCH3 is 1. The van der Waals surface area contributed by atoms with Crippen LogP contribution in [0.3, 0.4) is 0 Å². The number of carbonyl (C=O) groups excluding carboxylic acids is 2. The summed E-state index contributed by atoms with van der Waals surface area (Å²) in [4.78, 5) is 22.7. The lowest BCUT2D eigenvalue weighted by molar-refractivity contribution is -0.141. The molecule has 0 radical (unpaired) electrons. The molecule has 1 atom stereocenters. The fourth-order valence-corrected chi connectivity index (χ4v) is 1.50. The predicted molar refractivity (Wildman–Crippen MR) is 64.2 cm³/mol. The lowest BCUT2D eigenvalue weighted by atomic mass is 10.0. The van der Waals surface area contributed by atoms with Gasteiger partial charge in [-0.1, -0.05) is 30.3 Å². The third-order valence-electron chi connectivity index (χ3n) is 2.38. The molecule has 0 aliphatic heterocycles. The van der Waals surface area contributed by atoms with E-state index in [1.54, 1.807) is 18.2 Å². The zero-order valence-electron chi connectivity index (χ0n) is 10.1. The minimum Gasteiger partial charge on any atom is -0.469 e. The molecule has 1 N–H and O–H groups in total. The molecule has 1 unspecified atom stereocenters. The molecule has 5 nitrogen and oxygen atoms in total. The molecule has 0 fully saturated rings. The predicted octanol–water partition coefficient (Wildman–Crippen LogP) is 1.32. The van der Waals surface area contributed by atoms with Crippen LogP contribution >= 0.6 is 0 Å². The standard InChI is InChI=1S/C13H14N2O3/c1-18-13(17)9-11(15-12(16)7-8-14)10-5-3-2-4-6-10/h2-6,11H,7,9H2,1H3,(H,15,16). The van der Waals surface area contributed by atoms with Crippen LogP contribution in [-0.4, -0.2) is 19.0 Å². The van der Waals surface area contributed by atoms with E-state index in [0.717, 1.165) is 5.56 Å². The Labute approximate surface area is 105 Å². The van der Waals surface area contributed by atoms with Gasteiger partial charge in [-0.2, -0.15) is 5.26 Å². The highest BCUT2D eigenvalue weighted by molar-refractivity contribution is 5.79. The second kappa shape index (κ2) is 7.07. The maximum atomic E-state index is 11.4. The number of nitrogens with zero attached hydrogens (tertiary/aromatic N) is 1. The fraction of sp³-hybridized carbons (Fsp3) is 0.308. The van der Waals surface area contributed by atoms with Gasteiger partial charge in [0.15, 0.2) is 0 Å². The van der Waals surface area contributed by atoms with Crippen LogP contribution in [0.2, 0.25) is 0 Å². The van der Waals surface area contributed by atoms with Crippen LogP contribution in [0.25, 0.3) is 0 Å². The van der Waals surface area contributed by atoms with Gasteiger partial charge in [0.1, 0.15) is 6.42 Å². The Balaban J connectivity index is 2.79. The molecule has 0 bridgehead atoms. The summed E-state index contributed by atoms with van der Waals surface area (Å²) in [6.45, 7) is 0. The molecule has 94 valence electrons. The van der Waals surface area contributed by atoms with Gasteiger partial charge in [-0.05, 0) is 5.56 Å². The molecule has 18 heavy (non-hydrogen) atoms. The quantitative estimate of drug-likeness (QED) is 0.795. The van der Waals surface area contributed by atoms with E-state index in [2.05, 4.69) is 10.1 Å². The molecule has 5 heteroatoms. The van der Waals surface area contributed by atoms with Gasteiger partial charge in [-0.25, -0.2) is 0 Å². The number of carbonyl (C=O) groups is 2. The Bertz CT molecular complexity index is 451. The number of rotatable bonds is 5. The Morgan fingerprint density at radius 2 is 2.06 bits per heavy atom. The summed E-state index contributed by atoms with van der Waals surface area (Å²) in [7, 11) is 1.29. The first-order valence-electron chi connectivity index (χ1n) is 5.45. The summed E-state index contributed by atoms with van der Waals surface area (Å²) in [5.74, 6) is -0.823. The SMILES string of the molecule is COC(=O)CC(NC(=O)CC#N)c1ccccc1. The summed E-state index contributed by atoms with van der Waals surface area (Å²) >= 11 is 0. The van der Waals surface area contributed by atoms with E-state index in [9.17, 15) is 9.59 Å². The highest BCUT2D eigenvalue weighted by atomic mass is 16.5. The zero-order valence-corrected chi connectivity index (χ0v) is 10.1. The van der Waals surface area contributed by atoms with Crippen molar-refractivity contribution < 1.29 is 14.3 Å². The monoisotopic (exact) mass is 246 g/mol. The van der Waals surface area contributed by atoms with Crippen molar-refractivity contribution in [2.24, 2.45) is 0 Å². The van der Waals surface area contributed by atoms with E-state index in [1.165, 1.54) is 7.11 Å². The molecule has 0 aliphatic rings. The van der Waals surface area contributed by atoms with E-state index >= 15 is 0 Å². The van der Waals surface area contributed by atoms with Crippen molar-refractivity contribution in [3.05, 3.63) is 35.9 Å². The normalized spacial score (nSPS) is 11.1. The minimum atomic E-state index is -0.473. The summed E-state index contributed by atoms with van der Waals surface area (Å²) < 4.78 is 4.59. The minimum absolute atomic E-state index is 0.0394. The Morgan fingerprint density at radius 3 is 2.61 bits per heavy atom. The Morgan fingerprint density at radius 1 is 1.39 bits per heavy atom. The van der Waals surface area contributed by atoms with E-state index in [0.29, 0.717) is 0 Å². The Hall–Kier alpha value is -2.35. The highest BCUT2D eigenvalue weighted by Crippen LogP contribution is 2.17. The number of esters is 1. The van der Waals surface area contributed by atoms with Crippen molar-refractivity contribution in [2.45, 2.75) is 18.9 Å². The van der Waals surface area contributed by atoms with Crippen molar-refractivity contribution in [1.29, 1.82) is 5.26 Å². The van der Waals surface area contributed by atoms with Gasteiger partial charge >= 0.3 is 5.97 Å². The van der Waals surface area contributed by atoms with Gasteiger partial charge in [-0.15, -0.1) is 0 Å². The number of hydrogen-bond acceptors (Lipinski definition) is 4. The number of nitrogens with one attached hydrogen (secondary N) is 1. The van der Waals surface area contributed by atoms with Crippen LogP contribution in [0.15, 0.2) is 30.3 Å². The smallest absolute Gasteiger partial charge is 0.307 e. The third-order valence-corrected chi connectivity index (χ3v) is 2.38. The second-order valence-corrected chi connectivity index (χ2v) is 3.65. The van der Waals surface area contributed by atoms with Gasteiger partial charge in [-0.3, -0.25) is 9.59 Å². The molecular weight excluding hydrogens is 232 g/mol. The van der Waals surface area contributed by atoms with E-state index < -0.39 is 17.9 Å². The van der Waals surface area contributed by atoms with Gasteiger partial charge < -0.3 is 10.1 Å². The second-order valence-electron chi connectivity index (χ2n) is 3.65. The molecule has 0 saturated carbocycles. The third kappa shape index (κ3) is 4.26. The van der Waals surface area contributed by atoms with Crippen LogP contribution in [-0.2, 0) is 14.3 Å². The van der Waals surface area contributed by atoms with Gasteiger partial charge in [0.05, 0.1) is 25.6 Å². The lowest BCUT2D eigenvalue weighted by Gasteiger charge is -2.17. The number of amides is 1. The molecule has 0 heterocycles. The van der Waals surface area contributed by atoms with E-state index in [1.807, 2.05) is 18.2 Å². The van der Waals surface area contributed by atoms with Crippen LogP contribution in [0.5, 0.6) is 0 Å². The molecule has 0 saturated heterocycles. The number of hydrogen-bond donors (Lipinski definition) is 1. The summed E-state index contributed by atoms with van der Waals surface area (Å²) in [5.41, 5.74) is 0.800. The molecule has 0 aliphatic carbocycles. The number of ether oxygens (including phenoxy) is 1. The largest absolute Gasteiger partial charge is 0.469 e. The highest BCUT2D eigenvalue weighted by Gasteiger charge is 2.18. The molecule has 1 aromatic rings. The van der Waals surface area contributed by atoms with Crippen molar-refractivity contribution >= 4 is 11.9 Å². The van der Waals surface area contributed by atoms with E-state index in [4.69, 9.17) is 5.26 Å². The molecule has 0 spiro atoms. The van der Waals surface area contributed by atoms with Crippen molar-refractivity contribution in [3.63, 3.8) is 0 Å². The fourth-order valence-electron chi connectivity index (χ4n) is 1.50. The van der Waals surface area contributed by atoms with Crippen LogP contribution in [0.1, 0.15) is 24.4 Å². The van der Waals surface area contributed by atoms with Gasteiger partial charge in [0.25, 0.3) is 0 Å². The van der Waals surface area contributed by atoms with Crippen molar-refractivity contribution in [2.75, 3.05) is 7.11 Å². The molecular formula is C13H14N2O3. The molecule has 0 aromatic heterocycles. The molecule has 1 aromatic carbocycles. The zero-order chi connectivity index (χ0) is 13.4. The molecule has 1 amide bonds. The first kappa shape index (κ1) is 13.7. The summed E-state index contributed by atoms with van der Waals surface area (Å²) in [6.07, 6.45) is -0.192. The van der Waals surface area contributed by atoms with E-state index in [-0.39, 0.29) is 12.8 Å². The van der Waals surface area contributed by atoms with Crippen LogP contribution < -0.4 is 5.32 Å². The van der Waals surface area contributed by atoms with Crippen LogP contribution in [0, 0.1) is 11.3 Å². The van der Waals surface area contributed by atoms with Crippen molar-refractivity contribution in [1.82, 2.24) is 5.32 Å². The van der Waals surface area contributed by atoms with Crippen LogP contribution in [0.4, 0.5) is 0 Å². The number of benzene rings is 1. The van der Waals surface area contributed by atoms with Gasteiger partial charge in [0.2, 0.25) is 5.91 Å². The summed E-state index contributed by atoms with van der Waals surface area (Å²) in [6, 6.07) is 10.4. The Kier molecular flexibility index (Phi) is 5.39. The first-order valence-corrected chi connectivity index (χ1v) is 5.45. The average Bonchev–Trinajstić information content (AvgIpc) is 2.39. The first-order chi connectivity index (χ1) is 8.67. The van der Waals surface area contributed by atoms with Crippen molar-refractivity contribution in [3.8, 4) is 6.07 Å². The maximum absolute atomic E-state index is 11.4. The molecule has 1 rings (SSSR count).